The maximum absolute atomic E-state index is 12.5. The van der Waals surface area contributed by atoms with Crippen molar-refractivity contribution < 1.29 is 9.59 Å². The van der Waals surface area contributed by atoms with Crippen LogP contribution in [-0.2, 0) is 11.2 Å². The number of carbonyl (C=O) groups is 2. The fourth-order valence-electron chi connectivity index (χ4n) is 2.78. The summed E-state index contributed by atoms with van der Waals surface area (Å²) in [5.41, 5.74) is 6.12. The summed E-state index contributed by atoms with van der Waals surface area (Å²) in [5.74, 6) is -0.596. The van der Waals surface area contributed by atoms with E-state index in [4.69, 9.17) is 5.73 Å². The molecule has 1 amide bonds. The normalized spacial score (nSPS) is 21.7. The largest absolute Gasteiger partial charge is 0.369 e. The van der Waals surface area contributed by atoms with Crippen LogP contribution in [0.2, 0.25) is 0 Å². The van der Waals surface area contributed by atoms with Gasteiger partial charge in [-0.15, -0.1) is 0 Å². The van der Waals surface area contributed by atoms with Crippen LogP contribution in [0.4, 0.5) is 0 Å². The van der Waals surface area contributed by atoms with Crippen molar-refractivity contribution in [2.75, 3.05) is 20.6 Å². The number of carbonyl (C=O) groups excluding carboxylic acids is 2. The third-order valence-electron chi connectivity index (χ3n) is 3.87. The third kappa shape index (κ3) is 2.40. The lowest BCUT2D eigenvalue weighted by Gasteiger charge is -2.24. The highest BCUT2D eigenvalue weighted by Gasteiger charge is 2.49. The van der Waals surface area contributed by atoms with Gasteiger partial charge in [0.2, 0.25) is 5.91 Å². The quantitative estimate of drug-likeness (QED) is 0.810. The standard InChI is InChI=1S/C15H20N2O2/c1-17(2)9-5-8-15(14(16)19)10-11-6-3-4-7-12(11)13(15)18/h3-4,6-7H,5,8-10H2,1-2H3,(H2,16,19)/t15-/m1/s1. The molecule has 0 aromatic heterocycles. The molecule has 1 atom stereocenters. The van der Waals surface area contributed by atoms with Gasteiger partial charge in [0.05, 0.1) is 0 Å². The average Bonchev–Trinajstić information content (AvgIpc) is 2.64. The summed E-state index contributed by atoms with van der Waals surface area (Å²) < 4.78 is 0. The Balaban J connectivity index is 2.24. The Hall–Kier alpha value is -1.68. The fourth-order valence-corrected chi connectivity index (χ4v) is 2.78. The molecule has 0 aliphatic heterocycles. The van der Waals surface area contributed by atoms with Crippen LogP contribution < -0.4 is 5.73 Å². The van der Waals surface area contributed by atoms with Crippen molar-refractivity contribution in [1.82, 2.24) is 4.90 Å². The lowest BCUT2D eigenvalue weighted by atomic mass is 9.78. The second kappa shape index (κ2) is 5.13. The maximum atomic E-state index is 12.5. The van der Waals surface area contributed by atoms with E-state index in [1.165, 1.54) is 0 Å². The maximum Gasteiger partial charge on any atom is 0.231 e. The minimum absolute atomic E-state index is 0.102. The summed E-state index contributed by atoms with van der Waals surface area (Å²) in [4.78, 5) is 26.4. The van der Waals surface area contributed by atoms with Gasteiger partial charge in [-0.05, 0) is 45.5 Å². The summed E-state index contributed by atoms with van der Waals surface area (Å²) in [6.45, 7) is 0.846. The van der Waals surface area contributed by atoms with Crippen molar-refractivity contribution >= 4 is 11.7 Å². The molecule has 1 aliphatic rings. The van der Waals surface area contributed by atoms with Crippen LogP contribution in [0.3, 0.4) is 0 Å². The number of Topliss-reactive ketones (excluding diaryl/α,β-unsaturated/α-hetero) is 1. The number of benzene rings is 1. The van der Waals surface area contributed by atoms with Gasteiger partial charge in [-0.1, -0.05) is 24.3 Å². The molecular formula is C15H20N2O2. The SMILES string of the molecule is CN(C)CCC[C@@]1(C(N)=O)Cc2ccccc2C1=O. The summed E-state index contributed by atoms with van der Waals surface area (Å²) >= 11 is 0. The van der Waals surface area contributed by atoms with Gasteiger partial charge in [-0.2, -0.15) is 0 Å². The molecule has 4 heteroatoms. The van der Waals surface area contributed by atoms with Crippen molar-refractivity contribution in [3.8, 4) is 0 Å². The predicted octanol–water partition coefficient (Wildman–Crippen LogP) is 1.24. The van der Waals surface area contributed by atoms with E-state index >= 15 is 0 Å². The van der Waals surface area contributed by atoms with Crippen LogP contribution in [0.15, 0.2) is 24.3 Å². The second-order valence-electron chi connectivity index (χ2n) is 5.52. The van der Waals surface area contributed by atoms with E-state index in [1.54, 1.807) is 6.07 Å². The first-order valence-electron chi connectivity index (χ1n) is 6.55. The molecule has 102 valence electrons. The highest BCUT2D eigenvalue weighted by atomic mass is 16.2. The molecule has 1 aromatic carbocycles. The van der Waals surface area contributed by atoms with Gasteiger partial charge in [0, 0.05) is 5.56 Å². The molecule has 0 unspecified atom stereocenters. The number of ketones is 1. The van der Waals surface area contributed by atoms with Crippen LogP contribution in [-0.4, -0.2) is 37.2 Å². The van der Waals surface area contributed by atoms with Crippen molar-refractivity contribution in [3.05, 3.63) is 35.4 Å². The predicted molar refractivity (Wildman–Crippen MR) is 73.9 cm³/mol. The highest BCUT2D eigenvalue weighted by molar-refractivity contribution is 6.16. The Bertz CT molecular complexity index is 511. The van der Waals surface area contributed by atoms with Crippen LogP contribution in [0.25, 0.3) is 0 Å². The molecule has 0 spiro atoms. The topological polar surface area (TPSA) is 63.4 Å². The molecule has 0 saturated heterocycles. The zero-order valence-electron chi connectivity index (χ0n) is 11.5. The molecule has 2 rings (SSSR count). The van der Waals surface area contributed by atoms with Crippen molar-refractivity contribution in [1.29, 1.82) is 0 Å². The molecule has 4 nitrogen and oxygen atoms in total. The molecule has 0 heterocycles. The second-order valence-corrected chi connectivity index (χ2v) is 5.52. The van der Waals surface area contributed by atoms with E-state index in [2.05, 4.69) is 0 Å². The summed E-state index contributed by atoms with van der Waals surface area (Å²) in [6.07, 6.45) is 1.76. The number of nitrogens with zero attached hydrogens (tertiary/aromatic N) is 1. The number of hydrogen-bond acceptors (Lipinski definition) is 3. The number of rotatable bonds is 5. The van der Waals surface area contributed by atoms with Gasteiger partial charge in [-0.25, -0.2) is 0 Å². The number of hydrogen-bond donors (Lipinski definition) is 1. The number of amides is 1. The molecule has 0 bridgehead atoms. The van der Waals surface area contributed by atoms with Crippen molar-refractivity contribution in [2.45, 2.75) is 19.3 Å². The van der Waals surface area contributed by atoms with Gasteiger partial charge in [0.15, 0.2) is 5.78 Å². The zero-order valence-corrected chi connectivity index (χ0v) is 11.5. The van der Waals surface area contributed by atoms with E-state index < -0.39 is 11.3 Å². The van der Waals surface area contributed by atoms with Crippen molar-refractivity contribution in [2.24, 2.45) is 11.1 Å². The molecular weight excluding hydrogens is 240 g/mol. The molecule has 1 aromatic rings. The van der Waals surface area contributed by atoms with Gasteiger partial charge in [0.25, 0.3) is 0 Å². The smallest absolute Gasteiger partial charge is 0.231 e. The van der Waals surface area contributed by atoms with Crippen LogP contribution >= 0.6 is 0 Å². The number of fused-ring (bicyclic) bond motifs is 1. The first-order chi connectivity index (χ1) is 8.97. The highest BCUT2D eigenvalue weighted by Crippen LogP contribution is 2.40. The van der Waals surface area contributed by atoms with Gasteiger partial charge >= 0.3 is 0 Å². The summed E-state index contributed by atoms with van der Waals surface area (Å²) in [5, 5.41) is 0. The molecule has 1 aliphatic carbocycles. The van der Waals surface area contributed by atoms with Gasteiger partial charge < -0.3 is 10.6 Å². The zero-order chi connectivity index (χ0) is 14.0. The molecule has 0 saturated carbocycles. The Labute approximate surface area is 113 Å². The van der Waals surface area contributed by atoms with Crippen LogP contribution in [0.1, 0.15) is 28.8 Å². The van der Waals surface area contributed by atoms with E-state index in [-0.39, 0.29) is 5.78 Å². The minimum Gasteiger partial charge on any atom is -0.369 e. The molecule has 19 heavy (non-hydrogen) atoms. The van der Waals surface area contributed by atoms with E-state index in [1.807, 2.05) is 37.2 Å². The molecule has 0 radical (unpaired) electrons. The van der Waals surface area contributed by atoms with Gasteiger partial charge in [-0.3, -0.25) is 9.59 Å². The first kappa shape index (κ1) is 13.7. The molecule has 0 fully saturated rings. The first-order valence-corrected chi connectivity index (χ1v) is 6.55. The third-order valence-corrected chi connectivity index (χ3v) is 3.87. The fraction of sp³-hybridized carbons (Fsp3) is 0.467. The molecule has 2 N–H and O–H groups in total. The lowest BCUT2D eigenvalue weighted by Crippen LogP contribution is -2.42. The van der Waals surface area contributed by atoms with Crippen molar-refractivity contribution in [3.63, 3.8) is 0 Å². The van der Waals surface area contributed by atoms with E-state index in [0.29, 0.717) is 18.4 Å². The lowest BCUT2D eigenvalue weighted by molar-refractivity contribution is -0.125. The van der Waals surface area contributed by atoms with E-state index in [9.17, 15) is 9.59 Å². The number of primary amides is 1. The Morgan fingerprint density at radius 1 is 1.37 bits per heavy atom. The number of nitrogens with two attached hydrogens (primary N) is 1. The summed E-state index contributed by atoms with van der Waals surface area (Å²) in [6, 6.07) is 7.41. The Morgan fingerprint density at radius 3 is 2.63 bits per heavy atom. The summed E-state index contributed by atoms with van der Waals surface area (Å²) in [7, 11) is 3.95. The van der Waals surface area contributed by atoms with Crippen LogP contribution in [0, 0.1) is 5.41 Å². The van der Waals surface area contributed by atoms with Gasteiger partial charge in [0.1, 0.15) is 5.41 Å². The van der Waals surface area contributed by atoms with E-state index in [0.717, 1.165) is 18.5 Å². The average molecular weight is 260 g/mol. The van der Waals surface area contributed by atoms with Crippen LogP contribution in [0.5, 0.6) is 0 Å². The Morgan fingerprint density at radius 2 is 2.05 bits per heavy atom. The minimum atomic E-state index is -1.03. The Kier molecular flexibility index (Phi) is 3.71. The monoisotopic (exact) mass is 260 g/mol.